The SMILES string of the molecule is [2H]C([2H])c1c(OC)ccc(F)c1F. The third-order valence-electron chi connectivity index (χ3n) is 1.31. The minimum Gasteiger partial charge on any atom is -0.496 e. The first-order chi connectivity index (χ1) is 6.07. The lowest BCUT2D eigenvalue weighted by atomic mass is 10.2. The van der Waals surface area contributed by atoms with Gasteiger partial charge in [-0.15, -0.1) is 0 Å². The number of halogens is 2. The second-order valence-electron chi connectivity index (χ2n) is 1.98. The number of benzene rings is 1. The van der Waals surface area contributed by atoms with E-state index in [2.05, 4.69) is 0 Å². The highest BCUT2D eigenvalue weighted by molar-refractivity contribution is 5.33. The summed E-state index contributed by atoms with van der Waals surface area (Å²) >= 11 is 0. The lowest BCUT2D eigenvalue weighted by Gasteiger charge is -2.04. The summed E-state index contributed by atoms with van der Waals surface area (Å²) in [4.78, 5) is 0. The molecule has 0 radical (unpaired) electrons. The Morgan fingerprint density at radius 2 is 2.18 bits per heavy atom. The molecule has 0 unspecified atom stereocenters. The molecule has 0 aliphatic rings. The molecule has 0 aliphatic carbocycles. The van der Waals surface area contributed by atoms with Crippen molar-refractivity contribution in [2.24, 2.45) is 0 Å². The van der Waals surface area contributed by atoms with Gasteiger partial charge in [0.2, 0.25) is 0 Å². The maximum absolute atomic E-state index is 13.0. The van der Waals surface area contributed by atoms with Crippen LogP contribution in [-0.4, -0.2) is 7.11 Å². The van der Waals surface area contributed by atoms with E-state index in [1.807, 2.05) is 0 Å². The summed E-state index contributed by atoms with van der Waals surface area (Å²) in [6.45, 7) is -1.59. The molecule has 0 N–H and O–H groups in total. The van der Waals surface area contributed by atoms with Crippen molar-refractivity contribution in [2.75, 3.05) is 7.11 Å². The Bertz CT molecular complexity index is 315. The minimum absolute atomic E-state index is 0.0221. The van der Waals surface area contributed by atoms with Gasteiger partial charge in [-0.2, -0.15) is 0 Å². The quantitative estimate of drug-likeness (QED) is 0.612. The Morgan fingerprint density at radius 3 is 2.73 bits per heavy atom. The van der Waals surface area contributed by atoms with Crippen molar-refractivity contribution in [1.82, 2.24) is 0 Å². The molecule has 0 atom stereocenters. The van der Waals surface area contributed by atoms with Crippen LogP contribution in [0.5, 0.6) is 5.75 Å². The number of ether oxygens (including phenoxy) is 1. The fourth-order valence-electron chi connectivity index (χ4n) is 0.727. The Morgan fingerprint density at radius 1 is 1.45 bits per heavy atom. The van der Waals surface area contributed by atoms with E-state index in [4.69, 9.17) is 7.48 Å². The second-order valence-corrected chi connectivity index (χ2v) is 1.98. The van der Waals surface area contributed by atoms with Gasteiger partial charge in [0.1, 0.15) is 5.75 Å². The van der Waals surface area contributed by atoms with Crippen LogP contribution in [0.4, 0.5) is 8.78 Å². The van der Waals surface area contributed by atoms with Crippen LogP contribution in [0.2, 0.25) is 0 Å². The van der Waals surface area contributed by atoms with Crippen molar-refractivity contribution in [3.8, 4) is 5.75 Å². The molecule has 1 rings (SSSR count). The molecule has 0 aliphatic heterocycles. The monoisotopic (exact) mass is 160 g/mol. The fourth-order valence-corrected chi connectivity index (χ4v) is 0.727. The third-order valence-corrected chi connectivity index (χ3v) is 1.31. The van der Waals surface area contributed by atoms with Gasteiger partial charge >= 0.3 is 0 Å². The number of hydrogen-bond acceptors (Lipinski definition) is 1. The van der Waals surface area contributed by atoms with E-state index in [1.54, 1.807) is 0 Å². The molecule has 0 bridgehead atoms. The van der Waals surface area contributed by atoms with Crippen LogP contribution in [0.3, 0.4) is 0 Å². The smallest absolute Gasteiger partial charge is 0.165 e. The molecule has 0 aromatic heterocycles. The average molecular weight is 160 g/mol. The predicted molar refractivity (Wildman–Crippen MR) is 37.6 cm³/mol. The largest absolute Gasteiger partial charge is 0.496 e. The van der Waals surface area contributed by atoms with Gasteiger partial charge in [0, 0.05) is 8.30 Å². The molecule has 11 heavy (non-hydrogen) atoms. The summed E-state index contributed by atoms with van der Waals surface area (Å²) in [6, 6.07) is 2.10. The van der Waals surface area contributed by atoms with Crippen LogP contribution in [0.15, 0.2) is 12.1 Å². The van der Waals surface area contributed by atoms with E-state index in [-0.39, 0.29) is 11.3 Å². The molecule has 0 saturated heterocycles. The lowest BCUT2D eigenvalue weighted by Crippen LogP contribution is -1.93. The summed E-state index contributed by atoms with van der Waals surface area (Å²) in [5, 5.41) is 0. The van der Waals surface area contributed by atoms with Crippen LogP contribution in [0.1, 0.15) is 8.30 Å². The molecule has 60 valence electrons. The second kappa shape index (κ2) is 2.86. The summed E-state index contributed by atoms with van der Waals surface area (Å²) in [6.07, 6.45) is 0. The van der Waals surface area contributed by atoms with Crippen molar-refractivity contribution < 1.29 is 16.3 Å². The molecule has 1 aromatic carbocycles. The number of rotatable bonds is 1. The zero-order valence-electron chi connectivity index (χ0n) is 7.90. The van der Waals surface area contributed by atoms with Crippen LogP contribution in [0.25, 0.3) is 0 Å². The average Bonchev–Trinajstić information content (AvgIpc) is 2.08. The molecular weight excluding hydrogens is 150 g/mol. The molecule has 0 saturated carbocycles. The highest BCUT2D eigenvalue weighted by Gasteiger charge is 2.08. The van der Waals surface area contributed by atoms with Crippen LogP contribution in [-0.2, 0) is 0 Å². The predicted octanol–water partition coefficient (Wildman–Crippen LogP) is 2.28. The van der Waals surface area contributed by atoms with Gasteiger partial charge in [0.15, 0.2) is 11.6 Å². The molecular formula is C8H8F2O. The summed E-state index contributed by atoms with van der Waals surface area (Å²) in [5.74, 6) is -2.23. The van der Waals surface area contributed by atoms with Gasteiger partial charge in [-0.1, -0.05) is 0 Å². The zero-order chi connectivity index (χ0) is 10.0. The van der Waals surface area contributed by atoms with E-state index in [0.29, 0.717) is 0 Å². The summed E-state index contributed by atoms with van der Waals surface area (Å²) in [5.41, 5.74) is -0.373. The number of methoxy groups -OCH3 is 1. The molecule has 3 heteroatoms. The van der Waals surface area contributed by atoms with Gasteiger partial charge in [-0.3, -0.25) is 0 Å². The third kappa shape index (κ3) is 1.31. The standard InChI is InChI=1S/C8H8F2O/c1-5-7(11-2)4-3-6(9)8(5)10/h3-4H,1-2H3/i1D2. The Labute approximate surface area is 66.4 Å². The maximum Gasteiger partial charge on any atom is 0.165 e. The normalized spacial score (nSPS) is 12.7. The Balaban J connectivity index is 3.32. The van der Waals surface area contributed by atoms with E-state index >= 15 is 0 Å². The van der Waals surface area contributed by atoms with Crippen LogP contribution in [0, 0.1) is 18.5 Å². The lowest BCUT2D eigenvalue weighted by molar-refractivity contribution is 0.401. The first kappa shape index (κ1) is 5.52. The minimum atomic E-state index is -1.59. The molecule has 0 spiro atoms. The van der Waals surface area contributed by atoms with Crippen molar-refractivity contribution >= 4 is 0 Å². The Kier molecular flexibility index (Phi) is 1.44. The maximum atomic E-state index is 13.0. The molecule has 1 nitrogen and oxygen atoms in total. The highest BCUT2D eigenvalue weighted by atomic mass is 19.2. The first-order valence-corrected chi connectivity index (χ1v) is 2.94. The molecule has 0 amide bonds. The topological polar surface area (TPSA) is 9.23 Å². The van der Waals surface area contributed by atoms with Crippen LogP contribution >= 0.6 is 0 Å². The zero-order valence-corrected chi connectivity index (χ0v) is 5.90. The first-order valence-electron chi connectivity index (χ1n) is 4.09. The van der Waals surface area contributed by atoms with Crippen molar-refractivity contribution in [3.63, 3.8) is 0 Å². The van der Waals surface area contributed by atoms with E-state index in [9.17, 15) is 8.78 Å². The highest BCUT2D eigenvalue weighted by Crippen LogP contribution is 2.21. The Hall–Kier alpha value is -1.12. The van der Waals surface area contributed by atoms with Gasteiger partial charge in [0.05, 0.1) is 7.11 Å². The van der Waals surface area contributed by atoms with Gasteiger partial charge in [-0.25, -0.2) is 8.78 Å². The van der Waals surface area contributed by atoms with E-state index in [0.717, 1.165) is 6.07 Å². The number of hydrogen-bond donors (Lipinski definition) is 0. The van der Waals surface area contributed by atoms with Crippen LogP contribution < -0.4 is 4.74 Å². The van der Waals surface area contributed by atoms with Gasteiger partial charge < -0.3 is 4.74 Å². The molecule has 0 fully saturated rings. The van der Waals surface area contributed by atoms with Crippen molar-refractivity contribution in [2.45, 2.75) is 6.88 Å². The molecule has 0 heterocycles. The van der Waals surface area contributed by atoms with E-state index in [1.165, 1.54) is 13.2 Å². The fraction of sp³-hybridized carbons (Fsp3) is 0.250. The summed E-state index contributed by atoms with van der Waals surface area (Å²) < 4.78 is 44.3. The van der Waals surface area contributed by atoms with Crippen molar-refractivity contribution in [3.05, 3.63) is 29.3 Å². The molecule has 1 aromatic rings. The van der Waals surface area contributed by atoms with Crippen molar-refractivity contribution in [1.29, 1.82) is 0 Å². The van der Waals surface area contributed by atoms with Gasteiger partial charge in [-0.05, 0) is 19.0 Å². The summed E-state index contributed by atoms with van der Waals surface area (Å²) in [7, 11) is 1.28. The van der Waals surface area contributed by atoms with E-state index < -0.39 is 18.5 Å². The van der Waals surface area contributed by atoms with Gasteiger partial charge in [0.25, 0.3) is 0 Å².